The number of hydrogen-bond donors (Lipinski definition) is 2. The number of rotatable bonds is 3. The molecule has 2 N–H and O–H groups in total. The number of likely N-dealkylation sites (N-methyl/N-ethyl adjacent to an activating group) is 1. The Morgan fingerprint density at radius 1 is 1.41 bits per heavy atom. The van der Waals surface area contributed by atoms with E-state index in [4.69, 9.17) is 0 Å². The Balaban J connectivity index is 1.90. The Morgan fingerprint density at radius 2 is 2.18 bits per heavy atom. The van der Waals surface area contributed by atoms with Gasteiger partial charge >= 0.3 is 0 Å². The molecule has 0 saturated carbocycles. The van der Waals surface area contributed by atoms with Crippen LogP contribution in [-0.2, 0) is 16.0 Å². The van der Waals surface area contributed by atoms with E-state index in [0.717, 1.165) is 11.3 Å². The van der Waals surface area contributed by atoms with Gasteiger partial charge < -0.3 is 10.6 Å². The highest BCUT2D eigenvalue weighted by Crippen LogP contribution is 2.36. The number of carbonyl (C=O) groups is 2. The molecule has 2 amide bonds. The Kier molecular flexibility index (Phi) is 3.68. The third-order valence-electron chi connectivity index (χ3n) is 2.64. The topological polar surface area (TPSA) is 58.2 Å². The van der Waals surface area contributed by atoms with Crippen LogP contribution in [0.25, 0.3) is 0 Å². The molecule has 0 saturated heterocycles. The first-order valence-corrected chi connectivity index (χ1v) is 6.31. The van der Waals surface area contributed by atoms with Gasteiger partial charge in [-0.1, -0.05) is 18.2 Å². The fourth-order valence-electron chi connectivity index (χ4n) is 1.70. The second-order valence-electron chi connectivity index (χ2n) is 3.81. The lowest BCUT2D eigenvalue weighted by Gasteiger charge is -2.08. The monoisotopic (exact) mass is 250 g/mol. The zero-order valence-corrected chi connectivity index (χ0v) is 10.3. The van der Waals surface area contributed by atoms with Crippen molar-refractivity contribution in [3.63, 3.8) is 0 Å². The molecule has 1 aliphatic heterocycles. The van der Waals surface area contributed by atoms with Crippen LogP contribution in [-0.4, -0.2) is 30.7 Å². The summed E-state index contributed by atoms with van der Waals surface area (Å²) in [6, 6.07) is 8.00. The molecule has 1 aromatic rings. The highest BCUT2D eigenvalue weighted by molar-refractivity contribution is 8.01. The molecule has 4 nitrogen and oxygen atoms in total. The molecule has 0 fully saturated rings. The van der Waals surface area contributed by atoms with Crippen molar-refractivity contribution < 1.29 is 9.59 Å². The lowest BCUT2D eigenvalue weighted by Crippen LogP contribution is -2.39. The molecule has 0 spiro atoms. The molecule has 1 atom stereocenters. The van der Waals surface area contributed by atoms with Gasteiger partial charge in [-0.15, -0.1) is 11.8 Å². The van der Waals surface area contributed by atoms with Gasteiger partial charge in [-0.3, -0.25) is 9.59 Å². The van der Waals surface area contributed by atoms with Crippen LogP contribution in [0, 0.1) is 0 Å². The largest absolute Gasteiger partial charge is 0.358 e. The fourth-order valence-corrected chi connectivity index (χ4v) is 2.92. The predicted molar refractivity (Wildman–Crippen MR) is 66.9 cm³/mol. The molecule has 1 heterocycles. The maximum Gasteiger partial charge on any atom is 0.239 e. The normalized spacial score (nSPS) is 17.4. The van der Waals surface area contributed by atoms with Crippen molar-refractivity contribution >= 4 is 23.6 Å². The lowest BCUT2D eigenvalue weighted by atomic mass is 10.1. The van der Waals surface area contributed by atoms with Crippen LogP contribution >= 0.6 is 11.8 Å². The maximum absolute atomic E-state index is 11.8. The summed E-state index contributed by atoms with van der Waals surface area (Å²) in [5.74, 6) is -0.256. The third-order valence-corrected chi connectivity index (χ3v) is 3.96. The summed E-state index contributed by atoms with van der Waals surface area (Å²) in [4.78, 5) is 24.0. The van der Waals surface area contributed by atoms with Crippen LogP contribution in [0.3, 0.4) is 0 Å². The number of nitrogens with one attached hydrogen (secondary N) is 2. The van der Waals surface area contributed by atoms with Crippen LogP contribution in [0.5, 0.6) is 0 Å². The van der Waals surface area contributed by atoms with Crippen molar-refractivity contribution in [2.75, 3.05) is 13.6 Å². The number of fused-ring (bicyclic) bond motifs is 1. The second-order valence-corrected chi connectivity index (χ2v) is 5.05. The van der Waals surface area contributed by atoms with E-state index < -0.39 is 0 Å². The molecule has 0 bridgehead atoms. The molecule has 0 radical (unpaired) electrons. The van der Waals surface area contributed by atoms with Crippen molar-refractivity contribution in [1.29, 1.82) is 0 Å². The van der Waals surface area contributed by atoms with Crippen LogP contribution < -0.4 is 10.6 Å². The summed E-state index contributed by atoms with van der Waals surface area (Å²) >= 11 is 1.56. The molecule has 1 aromatic carbocycles. The van der Waals surface area contributed by atoms with Crippen molar-refractivity contribution in [1.82, 2.24) is 10.6 Å². The van der Waals surface area contributed by atoms with E-state index in [1.165, 1.54) is 5.56 Å². The molecule has 90 valence electrons. The minimum atomic E-state index is -0.182. The summed E-state index contributed by atoms with van der Waals surface area (Å²) in [5.41, 5.74) is 1.21. The number of carbonyl (C=O) groups excluding carboxylic acids is 2. The summed E-state index contributed by atoms with van der Waals surface area (Å²) in [6.45, 7) is 0.0444. The van der Waals surface area contributed by atoms with Gasteiger partial charge in [0.25, 0.3) is 0 Å². The second kappa shape index (κ2) is 5.23. The summed E-state index contributed by atoms with van der Waals surface area (Å²) in [6.07, 6.45) is 0.737. The van der Waals surface area contributed by atoms with Crippen molar-refractivity contribution in [3.05, 3.63) is 29.8 Å². The number of hydrogen-bond acceptors (Lipinski definition) is 3. The van der Waals surface area contributed by atoms with Crippen LogP contribution in [0.1, 0.15) is 5.56 Å². The van der Waals surface area contributed by atoms with Crippen molar-refractivity contribution in [3.8, 4) is 0 Å². The lowest BCUT2D eigenvalue weighted by molar-refractivity contribution is -0.125. The van der Waals surface area contributed by atoms with Gasteiger partial charge in [0, 0.05) is 11.9 Å². The van der Waals surface area contributed by atoms with E-state index >= 15 is 0 Å². The minimum Gasteiger partial charge on any atom is -0.358 e. The number of benzene rings is 1. The zero-order valence-electron chi connectivity index (χ0n) is 9.53. The Labute approximate surface area is 104 Å². The van der Waals surface area contributed by atoms with E-state index in [-0.39, 0.29) is 23.6 Å². The first-order valence-electron chi connectivity index (χ1n) is 5.43. The van der Waals surface area contributed by atoms with Gasteiger partial charge in [0.2, 0.25) is 11.8 Å². The highest BCUT2D eigenvalue weighted by Gasteiger charge is 2.27. The summed E-state index contributed by atoms with van der Waals surface area (Å²) < 4.78 is 0. The van der Waals surface area contributed by atoms with Gasteiger partial charge in [0.1, 0.15) is 0 Å². The molecule has 5 heteroatoms. The Hall–Kier alpha value is -1.49. The average molecular weight is 250 g/mol. The quantitative estimate of drug-likeness (QED) is 0.824. The Morgan fingerprint density at radius 3 is 2.88 bits per heavy atom. The molecule has 1 unspecified atom stereocenters. The van der Waals surface area contributed by atoms with Gasteiger partial charge in [-0.2, -0.15) is 0 Å². The first-order chi connectivity index (χ1) is 8.20. The SMILES string of the molecule is CNC(=O)CNC(=O)C1Cc2ccccc2S1. The van der Waals surface area contributed by atoms with Gasteiger partial charge in [-0.05, 0) is 18.1 Å². The molecule has 0 aromatic heterocycles. The summed E-state index contributed by atoms with van der Waals surface area (Å²) in [5, 5.41) is 4.99. The van der Waals surface area contributed by atoms with Gasteiger partial charge in [0.15, 0.2) is 0 Å². The van der Waals surface area contributed by atoms with Gasteiger partial charge in [0.05, 0.1) is 11.8 Å². The minimum absolute atomic E-state index is 0.0444. The standard InChI is InChI=1S/C12H14N2O2S/c1-13-11(15)7-14-12(16)10-6-8-4-2-3-5-9(8)17-10/h2-5,10H,6-7H2,1H3,(H,13,15)(H,14,16). The maximum atomic E-state index is 11.8. The zero-order chi connectivity index (χ0) is 12.3. The molecule has 2 rings (SSSR count). The van der Waals surface area contributed by atoms with E-state index in [2.05, 4.69) is 10.6 Å². The van der Waals surface area contributed by atoms with Crippen molar-refractivity contribution in [2.45, 2.75) is 16.6 Å². The smallest absolute Gasteiger partial charge is 0.239 e. The molecule has 1 aliphatic rings. The molecular formula is C12H14N2O2S. The van der Waals surface area contributed by atoms with E-state index in [1.807, 2.05) is 24.3 Å². The predicted octanol–water partition coefficient (Wildman–Crippen LogP) is 0.566. The number of thioether (sulfide) groups is 1. The molecule has 0 aliphatic carbocycles. The average Bonchev–Trinajstić information content (AvgIpc) is 2.79. The van der Waals surface area contributed by atoms with Crippen LogP contribution in [0.15, 0.2) is 29.2 Å². The van der Waals surface area contributed by atoms with Gasteiger partial charge in [-0.25, -0.2) is 0 Å². The van der Waals surface area contributed by atoms with E-state index in [1.54, 1.807) is 18.8 Å². The van der Waals surface area contributed by atoms with Crippen molar-refractivity contribution in [2.24, 2.45) is 0 Å². The summed E-state index contributed by atoms with van der Waals surface area (Å²) in [7, 11) is 1.55. The Bertz CT molecular complexity index is 423. The third kappa shape index (κ3) is 2.79. The highest BCUT2D eigenvalue weighted by atomic mass is 32.2. The molecular weight excluding hydrogens is 236 g/mol. The fraction of sp³-hybridized carbons (Fsp3) is 0.333. The first kappa shape index (κ1) is 12.0. The van der Waals surface area contributed by atoms with Crippen LogP contribution in [0.2, 0.25) is 0 Å². The van der Waals surface area contributed by atoms with E-state index in [9.17, 15) is 9.59 Å². The molecule has 17 heavy (non-hydrogen) atoms. The van der Waals surface area contributed by atoms with Crippen LogP contribution in [0.4, 0.5) is 0 Å². The number of amides is 2. The van der Waals surface area contributed by atoms with E-state index in [0.29, 0.717) is 0 Å².